The topological polar surface area (TPSA) is 133 Å². The van der Waals surface area contributed by atoms with Crippen molar-refractivity contribution in [2.24, 2.45) is 46.3 Å². The number of fused-ring (bicyclic) bond motifs is 5. The Balaban J connectivity index is 0.00000361. The Morgan fingerprint density at radius 1 is 1.06 bits per heavy atom. The molecule has 1 amide bonds. The van der Waals surface area contributed by atoms with Crippen molar-refractivity contribution in [1.29, 1.82) is 0 Å². The van der Waals surface area contributed by atoms with E-state index < -0.39 is 29.0 Å². The van der Waals surface area contributed by atoms with Gasteiger partial charge in [-0.05, 0) is 111 Å². The zero-order valence-electron chi connectivity index (χ0n) is 22.3. The minimum Gasteiger partial charge on any atom is -0.548 e. The summed E-state index contributed by atoms with van der Waals surface area (Å²) < 4.78 is 36.6. The molecule has 0 aromatic rings. The second kappa shape index (κ2) is 11.5. The van der Waals surface area contributed by atoms with Crippen molar-refractivity contribution in [3.8, 4) is 0 Å². The first kappa shape index (κ1) is 30.4. The van der Waals surface area contributed by atoms with Crippen LogP contribution in [0.2, 0.25) is 0 Å². The van der Waals surface area contributed by atoms with Gasteiger partial charge in [-0.25, -0.2) is 4.18 Å². The van der Waals surface area contributed by atoms with Gasteiger partial charge in [-0.15, -0.1) is 0 Å². The zero-order valence-corrected chi connectivity index (χ0v) is 25.1. The summed E-state index contributed by atoms with van der Waals surface area (Å²) in [5, 5.41) is 13.0. The maximum Gasteiger partial charge on any atom is 1.00 e. The van der Waals surface area contributed by atoms with Crippen LogP contribution in [0.5, 0.6) is 0 Å². The van der Waals surface area contributed by atoms with Crippen molar-refractivity contribution in [3.05, 3.63) is 0 Å². The Labute approximate surface area is 238 Å². The SMILES string of the molecule is C[C@H](CCC(=O)NCC(=O)[O-])[C@H]1CC[C@H]2[C@@H]3CC[C@@H]4C[C@H](OS(=O)(=O)O)CC[C@]4(C)[C@H]3CC[C@]12C.[Na+]. The molecule has 0 heterocycles. The van der Waals surface area contributed by atoms with E-state index in [-0.39, 0.29) is 46.3 Å². The molecule has 36 heavy (non-hydrogen) atoms. The summed E-state index contributed by atoms with van der Waals surface area (Å²) >= 11 is 0. The standard InChI is InChI=1S/C26H43NO7S.Na/c1-16(4-9-23(28)27-15-24(29)30)20-7-8-21-19-6-5-17-14-18(34-35(31,32)33)10-12-25(17,2)22(19)11-13-26(20,21)3;/h16-22H,4-15H2,1-3H3,(H,27,28)(H,29,30)(H,31,32,33);/q;+1/p-1/t16-,17-,18-,19+,20-,21+,22+,25+,26-;/m1./s1. The van der Waals surface area contributed by atoms with E-state index >= 15 is 0 Å². The molecular weight excluding hydrogens is 493 g/mol. The molecule has 0 aromatic carbocycles. The van der Waals surface area contributed by atoms with E-state index in [2.05, 4.69) is 26.1 Å². The number of nitrogens with one attached hydrogen (secondary N) is 1. The van der Waals surface area contributed by atoms with Crippen molar-refractivity contribution < 1.29 is 61.4 Å². The maximum atomic E-state index is 12.0. The normalized spacial score (nSPS) is 40.7. The number of carboxylic acid groups (broad SMARTS) is 1. The fourth-order valence-corrected chi connectivity index (χ4v) is 9.79. The molecule has 4 aliphatic carbocycles. The molecular formula is C26H42NNaO7S. The number of carboxylic acids is 1. The monoisotopic (exact) mass is 535 g/mol. The Hall–Kier alpha value is -0.190. The van der Waals surface area contributed by atoms with Gasteiger partial charge < -0.3 is 15.2 Å². The predicted octanol–water partition coefficient (Wildman–Crippen LogP) is 0.120. The molecule has 0 aliphatic heterocycles. The van der Waals surface area contributed by atoms with Crippen molar-refractivity contribution in [2.45, 2.75) is 97.5 Å². The molecule has 0 aromatic heterocycles. The predicted molar refractivity (Wildman–Crippen MR) is 128 cm³/mol. The summed E-state index contributed by atoms with van der Waals surface area (Å²) in [6.07, 6.45) is 10.1. The number of hydrogen-bond donors (Lipinski definition) is 2. The first-order valence-corrected chi connectivity index (χ1v) is 14.8. The Morgan fingerprint density at radius 3 is 2.39 bits per heavy atom. The van der Waals surface area contributed by atoms with E-state index in [0.29, 0.717) is 54.8 Å². The molecule has 9 atom stereocenters. The number of aliphatic carboxylic acids is 1. The molecule has 4 fully saturated rings. The Bertz CT molecular complexity index is 929. The van der Waals surface area contributed by atoms with Gasteiger partial charge in [0.25, 0.3) is 0 Å². The molecule has 0 radical (unpaired) electrons. The molecule has 10 heteroatoms. The van der Waals surface area contributed by atoms with E-state index in [4.69, 9.17) is 8.74 Å². The van der Waals surface area contributed by atoms with Gasteiger partial charge in [0.1, 0.15) is 0 Å². The number of carbonyl (C=O) groups is 2. The summed E-state index contributed by atoms with van der Waals surface area (Å²) in [5.41, 5.74) is 0.473. The first-order valence-electron chi connectivity index (χ1n) is 13.5. The Morgan fingerprint density at radius 2 is 1.72 bits per heavy atom. The summed E-state index contributed by atoms with van der Waals surface area (Å²) in [5.74, 6) is 1.96. The number of hydrogen-bond acceptors (Lipinski definition) is 6. The van der Waals surface area contributed by atoms with E-state index in [1.807, 2.05) is 0 Å². The summed E-state index contributed by atoms with van der Waals surface area (Å²) in [7, 11) is -4.41. The zero-order chi connectivity index (χ0) is 25.6. The van der Waals surface area contributed by atoms with Crippen molar-refractivity contribution in [2.75, 3.05) is 6.54 Å². The molecule has 8 nitrogen and oxygen atoms in total. The van der Waals surface area contributed by atoms with Gasteiger partial charge in [0.15, 0.2) is 0 Å². The molecule has 4 aliphatic rings. The quantitative estimate of drug-likeness (QED) is 0.333. The van der Waals surface area contributed by atoms with Crippen LogP contribution >= 0.6 is 0 Å². The number of rotatable bonds is 8. The number of carbonyl (C=O) groups excluding carboxylic acids is 2. The molecule has 0 unspecified atom stereocenters. The second-order valence-corrected chi connectivity index (χ2v) is 13.5. The molecule has 0 spiro atoms. The third kappa shape index (κ3) is 6.17. The third-order valence-electron chi connectivity index (χ3n) is 10.9. The van der Waals surface area contributed by atoms with Crippen molar-refractivity contribution >= 4 is 22.3 Å². The average molecular weight is 536 g/mol. The van der Waals surface area contributed by atoms with Crippen LogP contribution in [0.4, 0.5) is 0 Å². The van der Waals surface area contributed by atoms with Gasteiger partial charge in [0.05, 0.1) is 18.6 Å². The van der Waals surface area contributed by atoms with Gasteiger partial charge in [0, 0.05) is 6.42 Å². The number of amides is 1. The summed E-state index contributed by atoms with van der Waals surface area (Å²) in [6, 6.07) is 0. The third-order valence-corrected chi connectivity index (χ3v) is 11.4. The van der Waals surface area contributed by atoms with Gasteiger partial charge >= 0.3 is 40.0 Å². The van der Waals surface area contributed by atoms with E-state index in [1.54, 1.807) is 0 Å². The van der Waals surface area contributed by atoms with Crippen LogP contribution in [-0.4, -0.2) is 37.5 Å². The first-order chi connectivity index (χ1) is 16.3. The van der Waals surface area contributed by atoms with E-state index in [0.717, 1.165) is 19.3 Å². The van der Waals surface area contributed by atoms with Crippen LogP contribution in [0.3, 0.4) is 0 Å². The molecule has 2 N–H and O–H groups in total. The van der Waals surface area contributed by atoms with Crippen LogP contribution in [0.1, 0.15) is 91.4 Å². The minimum atomic E-state index is -4.41. The minimum absolute atomic E-state index is 0. The molecule has 4 rings (SSSR count). The molecule has 200 valence electrons. The second-order valence-electron chi connectivity index (χ2n) is 12.5. The van der Waals surface area contributed by atoms with Crippen molar-refractivity contribution in [3.63, 3.8) is 0 Å². The van der Waals surface area contributed by atoms with Crippen LogP contribution in [0.15, 0.2) is 0 Å². The fraction of sp³-hybridized carbons (Fsp3) is 0.923. The van der Waals surface area contributed by atoms with E-state index in [9.17, 15) is 23.1 Å². The van der Waals surface area contributed by atoms with Crippen LogP contribution in [-0.2, 0) is 24.2 Å². The van der Waals surface area contributed by atoms with Crippen LogP contribution in [0, 0.1) is 46.3 Å². The molecule has 4 saturated carbocycles. The van der Waals surface area contributed by atoms with Crippen molar-refractivity contribution in [1.82, 2.24) is 5.32 Å². The van der Waals surface area contributed by atoms with E-state index in [1.165, 1.54) is 32.1 Å². The average Bonchev–Trinajstić information content (AvgIpc) is 3.12. The largest absolute Gasteiger partial charge is 1.00 e. The Kier molecular flexibility index (Phi) is 9.70. The summed E-state index contributed by atoms with van der Waals surface area (Å²) in [4.78, 5) is 22.6. The van der Waals surface area contributed by atoms with Crippen LogP contribution < -0.4 is 40.0 Å². The van der Waals surface area contributed by atoms with Gasteiger partial charge in [0.2, 0.25) is 5.91 Å². The van der Waals surface area contributed by atoms with Gasteiger partial charge in [-0.2, -0.15) is 8.42 Å². The van der Waals surface area contributed by atoms with Crippen LogP contribution in [0.25, 0.3) is 0 Å². The summed E-state index contributed by atoms with van der Waals surface area (Å²) in [6.45, 7) is 6.72. The van der Waals surface area contributed by atoms with Gasteiger partial charge in [-0.3, -0.25) is 9.35 Å². The smallest absolute Gasteiger partial charge is 0.548 e. The van der Waals surface area contributed by atoms with Gasteiger partial charge in [-0.1, -0.05) is 20.8 Å². The fourth-order valence-electron chi connectivity index (χ4n) is 9.27. The molecule has 0 bridgehead atoms. The molecule has 0 saturated heterocycles. The maximum absolute atomic E-state index is 12.0.